The highest BCUT2D eigenvalue weighted by Gasteiger charge is 2.23. The van der Waals surface area contributed by atoms with Gasteiger partial charge >= 0.3 is 5.82 Å². The number of halogens is 1. The highest BCUT2D eigenvalue weighted by molar-refractivity contribution is 9.10. The van der Waals surface area contributed by atoms with E-state index in [0.29, 0.717) is 0 Å². The first kappa shape index (κ1) is 11.5. The lowest BCUT2D eigenvalue weighted by Gasteiger charge is -2.08. The zero-order valence-electron chi connectivity index (χ0n) is 9.73. The molecular formula is C13H13BrN3O+. The monoisotopic (exact) mass is 306 g/mol. The Morgan fingerprint density at radius 2 is 2.17 bits per heavy atom. The molecule has 1 aromatic carbocycles. The van der Waals surface area contributed by atoms with Gasteiger partial charge in [-0.1, -0.05) is 22.0 Å². The maximum atomic E-state index is 10.0. The van der Waals surface area contributed by atoms with Crippen LogP contribution in [0.5, 0.6) is 0 Å². The predicted octanol–water partition coefficient (Wildman–Crippen LogP) is 2.11. The number of hydrogen-bond donors (Lipinski definition) is 2. The highest BCUT2D eigenvalue weighted by Crippen LogP contribution is 2.31. The molecule has 5 heteroatoms. The minimum atomic E-state index is 0.271. The molecule has 1 heterocycles. The third kappa shape index (κ3) is 1.75. The largest absolute Gasteiger partial charge is 0.349 e. The maximum Gasteiger partial charge on any atom is 0.330 e. The fraction of sp³-hybridized carbons (Fsp3) is 0.231. The first-order chi connectivity index (χ1) is 8.66. The van der Waals surface area contributed by atoms with Gasteiger partial charge in [-0.3, -0.25) is 5.73 Å². The van der Waals surface area contributed by atoms with Crippen LogP contribution < -0.4 is 10.5 Å². The van der Waals surface area contributed by atoms with Gasteiger partial charge in [0, 0.05) is 16.5 Å². The molecule has 0 unspecified atom stereocenters. The van der Waals surface area contributed by atoms with E-state index in [0.717, 1.165) is 45.4 Å². The van der Waals surface area contributed by atoms with Crippen LogP contribution in [0, 0.1) is 0 Å². The normalized spacial score (nSPS) is 13.6. The van der Waals surface area contributed by atoms with Crippen molar-refractivity contribution in [3.63, 3.8) is 0 Å². The second-order valence-electron chi connectivity index (χ2n) is 4.45. The van der Waals surface area contributed by atoms with E-state index in [9.17, 15) is 5.21 Å². The third-order valence-corrected chi connectivity index (χ3v) is 3.78. The molecule has 92 valence electrons. The van der Waals surface area contributed by atoms with E-state index in [2.05, 4.69) is 27.0 Å². The number of rotatable bonds is 0. The summed E-state index contributed by atoms with van der Waals surface area (Å²) in [5.41, 5.74) is 9.62. The molecule has 2 aromatic rings. The van der Waals surface area contributed by atoms with Crippen LogP contribution in [0.2, 0.25) is 0 Å². The van der Waals surface area contributed by atoms with Crippen LogP contribution in [-0.4, -0.2) is 10.2 Å². The minimum absolute atomic E-state index is 0.271. The van der Waals surface area contributed by atoms with Crippen LogP contribution in [0.4, 0.5) is 5.82 Å². The number of nitrogens with two attached hydrogens (primary N) is 1. The number of anilines is 1. The average Bonchev–Trinajstić information content (AvgIpc) is 2.53. The minimum Gasteiger partial charge on any atom is -0.349 e. The van der Waals surface area contributed by atoms with Crippen molar-refractivity contribution >= 4 is 21.7 Å². The fourth-order valence-corrected chi connectivity index (χ4v) is 2.76. The molecule has 3 rings (SSSR count). The lowest BCUT2D eigenvalue weighted by atomic mass is 10.0. The lowest BCUT2D eigenvalue weighted by molar-refractivity contribution is -0.898. The quantitative estimate of drug-likeness (QED) is 0.579. The summed E-state index contributed by atoms with van der Waals surface area (Å²) >= 11 is 3.48. The number of benzene rings is 1. The summed E-state index contributed by atoms with van der Waals surface area (Å²) in [6.45, 7) is 0. The molecular weight excluding hydrogens is 294 g/mol. The summed E-state index contributed by atoms with van der Waals surface area (Å²) in [4.78, 5) is 4.40. The number of nitrogen functional groups attached to an aromatic ring is 1. The fourth-order valence-electron chi connectivity index (χ4n) is 2.40. The van der Waals surface area contributed by atoms with E-state index < -0.39 is 0 Å². The van der Waals surface area contributed by atoms with E-state index in [1.807, 2.05) is 12.1 Å². The molecule has 0 bridgehead atoms. The van der Waals surface area contributed by atoms with E-state index in [4.69, 9.17) is 5.73 Å². The molecule has 0 saturated carbocycles. The highest BCUT2D eigenvalue weighted by atomic mass is 79.9. The van der Waals surface area contributed by atoms with Crippen LogP contribution >= 0.6 is 15.9 Å². The van der Waals surface area contributed by atoms with Gasteiger partial charge < -0.3 is 5.21 Å². The van der Waals surface area contributed by atoms with Gasteiger partial charge in [0.05, 0.1) is 0 Å². The van der Waals surface area contributed by atoms with Crippen molar-refractivity contribution in [1.29, 1.82) is 0 Å². The summed E-state index contributed by atoms with van der Waals surface area (Å²) in [5, 5.41) is 10.0. The van der Waals surface area contributed by atoms with Crippen molar-refractivity contribution in [1.82, 2.24) is 4.98 Å². The number of fused-ring (bicyclic) bond motifs is 3. The second kappa shape index (κ2) is 4.24. The molecule has 0 saturated heterocycles. The zero-order valence-corrected chi connectivity index (χ0v) is 11.3. The van der Waals surface area contributed by atoms with Crippen LogP contribution in [-0.2, 0) is 12.8 Å². The van der Waals surface area contributed by atoms with Crippen LogP contribution in [0.25, 0.3) is 11.3 Å². The van der Waals surface area contributed by atoms with Crippen LogP contribution in [0.3, 0.4) is 0 Å². The Balaban J connectivity index is 2.30. The Morgan fingerprint density at radius 3 is 3.00 bits per heavy atom. The molecule has 4 nitrogen and oxygen atoms in total. The Labute approximate surface area is 113 Å². The van der Waals surface area contributed by atoms with Gasteiger partial charge in [-0.2, -0.15) is 0 Å². The smallest absolute Gasteiger partial charge is 0.330 e. The van der Waals surface area contributed by atoms with Gasteiger partial charge in [0.25, 0.3) is 0 Å². The molecule has 1 aliphatic rings. The Hall–Kier alpha value is -1.62. The number of nitrogens with zero attached hydrogens (tertiary/aromatic N) is 2. The van der Waals surface area contributed by atoms with Crippen molar-refractivity contribution in [3.05, 3.63) is 40.1 Å². The SMILES string of the molecule is Nc1cnc2c([n+]1O)CCCc1ccc(Br)cc1-2. The molecule has 1 aromatic heterocycles. The Morgan fingerprint density at radius 1 is 1.33 bits per heavy atom. The first-order valence-corrected chi connectivity index (χ1v) is 6.63. The predicted molar refractivity (Wildman–Crippen MR) is 71.2 cm³/mol. The van der Waals surface area contributed by atoms with Gasteiger partial charge in [0.15, 0.2) is 5.69 Å². The van der Waals surface area contributed by atoms with E-state index >= 15 is 0 Å². The maximum absolute atomic E-state index is 10.0. The van der Waals surface area contributed by atoms with Gasteiger partial charge in [0.2, 0.25) is 0 Å². The number of aryl methyl sites for hydroxylation is 1. The van der Waals surface area contributed by atoms with Crippen molar-refractivity contribution < 1.29 is 9.94 Å². The first-order valence-electron chi connectivity index (χ1n) is 5.84. The molecule has 0 radical (unpaired) electrons. The molecule has 3 N–H and O–H groups in total. The molecule has 0 spiro atoms. The average molecular weight is 307 g/mol. The van der Waals surface area contributed by atoms with E-state index in [1.54, 1.807) is 0 Å². The topological polar surface area (TPSA) is 63.0 Å². The Kier molecular flexibility index (Phi) is 2.70. The van der Waals surface area contributed by atoms with E-state index in [-0.39, 0.29) is 5.82 Å². The Bertz CT molecular complexity index is 628. The molecule has 0 fully saturated rings. The van der Waals surface area contributed by atoms with Gasteiger partial charge in [-0.25, -0.2) is 4.98 Å². The second-order valence-corrected chi connectivity index (χ2v) is 5.36. The summed E-state index contributed by atoms with van der Waals surface area (Å²) in [7, 11) is 0. The van der Waals surface area contributed by atoms with Crippen molar-refractivity contribution in [2.45, 2.75) is 19.3 Å². The molecule has 0 amide bonds. The number of hydrogen-bond acceptors (Lipinski definition) is 3. The van der Waals surface area contributed by atoms with Crippen molar-refractivity contribution in [2.24, 2.45) is 0 Å². The molecule has 1 aliphatic carbocycles. The summed E-state index contributed by atoms with van der Waals surface area (Å²) in [5.74, 6) is 0.271. The van der Waals surface area contributed by atoms with Gasteiger partial charge in [0.1, 0.15) is 11.9 Å². The zero-order chi connectivity index (χ0) is 12.7. The van der Waals surface area contributed by atoms with Crippen molar-refractivity contribution in [3.8, 4) is 11.3 Å². The van der Waals surface area contributed by atoms with E-state index in [1.165, 1.54) is 11.8 Å². The van der Waals surface area contributed by atoms with Gasteiger partial charge in [-0.15, -0.1) is 0 Å². The molecule has 0 aliphatic heterocycles. The third-order valence-electron chi connectivity index (χ3n) is 3.29. The van der Waals surface area contributed by atoms with Crippen LogP contribution in [0.15, 0.2) is 28.9 Å². The standard InChI is InChI=1S/C13H12BrN3O/c14-9-5-4-8-2-1-3-11-13(10(8)6-9)16-7-12(15)17(11)18/h4-7,15,18H,1-3H2/p+1. The summed E-state index contributed by atoms with van der Waals surface area (Å²) in [6.07, 6.45) is 4.23. The molecule has 18 heavy (non-hydrogen) atoms. The van der Waals surface area contributed by atoms with Crippen LogP contribution in [0.1, 0.15) is 17.7 Å². The molecule has 0 atom stereocenters. The lowest BCUT2D eigenvalue weighted by Crippen LogP contribution is -2.39. The number of aromatic nitrogens is 2. The van der Waals surface area contributed by atoms with Crippen molar-refractivity contribution in [2.75, 3.05) is 5.73 Å². The summed E-state index contributed by atoms with van der Waals surface area (Å²) in [6, 6.07) is 6.19. The van der Waals surface area contributed by atoms with Gasteiger partial charge in [-0.05, 0) is 35.3 Å². The summed E-state index contributed by atoms with van der Waals surface area (Å²) < 4.78 is 2.07.